The van der Waals surface area contributed by atoms with E-state index < -0.39 is 19.7 Å². The Bertz CT molecular complexity index is 832. The standard InChI is InChI=1S/C31H53FNO5P/c1-3-4-5-6-7-8-9-10-11-12-13-14-15-16-17-18-19-20-21-31(27-38-39(34,35)36-2)37-26-29-22-28(25-33)23-30(32)24-29/h22-24,31H,3-21,26-27H2,1-2H3,(H,34,35)/t31-/m0/s1. The van der Waals surface area contributed by atoms with Crippen LogP contribution in [-0.2, 0) is 25.0 Å². The van der Waals surface area contributed by atoms with Gasteiger partial charge in [-0.3, -0.25) is 9.05 Å². The number of hydrogen-bond donors (Lipinski definition) is 1. The number of nitriles is 1. The predicted molar refractivity (Wildman–Crippen MR) is 156 cm³/mol. The molecule has 0 spiro atoms. The van der Waals surface area contributed by atoms with E-state index in [9.17, 15) is 13.8 Å². The summed E-state index contributed by atoms with van der Waals surface area (Å²) < 4.78 is 40.8. The van der Waals surface area contributed by atoms with Crippen molar-refractivity contribution in [2.75, 3.05) is 13.7 Å². The van der Waals surface area contributed by atoms with Crippen molar-refractivity contribution in [3.63, 3.8) is 0 Å². The minimum Gasteiger partial charge on any atom is -0.371 e. The van der Waals surface area contributed by atoms with E-state index in [1.165, 1.54) is 108 Å². The van der Waals surface area contributed by atoms with E-state index in [-0.39, 0.29) is 18.8 Å². The summed E-state index contributed by atoms with van der Waals surface area (Å²) in [7, 11) is -2.99. The van der Waals surface area contributed by atoms with Gasteiger partial charge in [0.15, 0.2) is 0 Å². The summed E-state index contributed by atoms with van der Waals surface area (Å²) in [4.78, 5) is 9.56. The molecular weight excluding hydrogens is 516 g/mol. The van der Waals surface area contributed by atoms with E-state index in [1.807, 2.05) is 6.07 Å². The predicted octanol–water partition coefficient (Wildman–Crippen LogP) is 9.78. The Morgan fingerprint density at radius 3 is 1.79 bits per heavy atom. The lowest BCUT2D eigenvalue weighted by molar-refractivity contribution is -0.00516. The lowest BCUT2D eigenvalue weighted by Gasteiger charge is -2.19. The molecule has 6 nitrogen and oxygen atoms in total. The molecule has 0 fully saturated rings. The highest BCUT2D eigenvalue weighted by atomic mass is 31.2. The van der Waals surface area contributed by atoms with Crippen molar-refractivity contribution in [1.82, 2.24) is 0 Å². The molecule has 1 aromatic rings. The zero-order valence-electron chi connectivity index (χ0n) is 24.5. The van der Waals surface area contributed by atoms with Crippen molar-refractivity contribution < 1.29 is 27.6 Å². The van der Waals surface area contributed by atoms with E-state index >= 15 is 0 Å². The first-order valence-electron chi connectivity index (χ1n) is 15.2. The van der Waals surface area contributed by atoms with Crippen LogP contribution in [0.15, 0.2) is 18.2 Å². The molecule has 224 valence electrons. The van der Waals surface area contributed by atoms with Gasteiger partial charge in [-0.15, -0.1) is 0 Å². The van der Waals surface area contributed by atoms with Crippen LogP contribution in [0.2, 0.25) is 0 Å². The molecule has 0 aliphatic heterocycles. The molecule has 1 N–H and O–H groups in total. The molecule has 0 aromatic heterocycles. The average Bonchev–Trinajstić information content (AvgIpc) is 2.93. The fourth-order valence-electron chi connectivity index (χ4n) is 4.73. The van der Waals surface area contributed by atoms with Crippen molar-refractivity contribution in [3.8, 4) is 6.07 Å². The Morgan fingerprint density at radius 2 is 1.33 bits per heavy atom. The Morgan fingerprint density at radius 1 is 0.846 bits per heavy atom. The van der Waals surface area contributed by atoms with Crippen molar-refractivity contribution in [2.45, 2.75) is 142 Å². The van der Waals surface area contributed by atoms with Crippen LogP contribution in [0.1, 0.15) is 140 Å². The summed E-state index contributed by atoms with van der Waals surface area (Å²) in [6, 6.07) is 5.99. The van der Waals surface area contributed by atoms with Gasteiger partial charge in [-0.05, 0) is 30.2 Å². The molecule has 1 rings (SSSR count). The summed E-state index contributed by atoms with van der Waals surface area (Å²) >= 11 is 0. The lowest BCUT2D eigenvalue weighted by Crippen LogP contribution is -2.19. The molecule has 0 aliphatic rings. The van der Waals surface area contributed by atoms with Gasteiger partial charge in [0, 0.05) is 7.11 Å². The number of hydrogen-bond acceptors (Lipinski definition) is 5. The third kappa shape index (κ3) is 20.3. The van der Waals surface area contributed by atoms with E-state index in [2.05, 4.69) is 11.4 Å². The summed E-state index contributed by atoms with van der Waals surface area (Å²) in [6.45, 7) is 2.26. The molecule has 0 saturated carbocycles. The number of halogens is 1. The maximum Gasteiger partial charge on any atom is 0.472 e. The summed E-state index contributed by atoms with van der Waals surface area (Å²) in [5.41, 5.74) is 0.761. The van der Waals surface area contributed by atoms with E-state index in [0.29, 0.717) is 12.0 Å². The molecule has 1 aromatic carbocycles. The topological polar surface area (TPSA) is 88.8 Å². The number of phosphoric ester groups is 1. The van der Waals surface area contributed by atoms with Gasteiger partial charge >= 0.3 is 7.82 Å². The third-order valence-electron chi connectivity index (χ3n) is 7.11. The highest BCUT2D eigenvalue weighted by Crippen LogP contribution is 2.42. The SMILES string of the molecule is CCCCCCCCCCCCCCCCCCCC[C@@H](COP(=O)(O)OC)OCc1cc(F)cc(C#N)c1. The van der Waals surface area contributed by atoms with Crippen LogP contribution in [0, 0.1) is 17.1 Å². The number of ether oxygens (including phenoxy) is 1. The molecule has 8 heteroatoms. The molecule has 1 unspecified atom stereocenters. The molecular formula is C31H53FNO5P. The molecule has 0 radical (unpaired) electrons. The Kier molecular flexibility index (Phi) is 21.5. The van der Waals surface area contributed by atoms with Gasteiger partial charge < -0.3 is 9.63 Å². The summed E-state index contributed by atoms with van der Waals surface area (Å²) in [5.74, 6) is -0.497. The molecule has 0 aliphatic carbocycles. The van der Waals surface area contributed by atoms with E-state index in [1.54, 1.807) is 6.07 Å². The Hall–Kier alpha value is -1.29. The van der Waals surface area contributed by atoms with Crippen molar-refractivity contribution in [1.29, 1.82) is 5.26 Å². The second kappa shape index (κ2) is 23.4. The number of phosphoric acid groups is 1. The second-order valence-corrected chi connectivity index (χ2v) is 12.2. The first-order chi connectivity index (χ1) is 18.9. The van der Waals surface area contributed by atoms with Crippen molar-refractivity contribution >= 4 is 7.82 Å². The summed E-state index contributed by atoms with van der Waals surface area (Å²) in [6.07, 6.45) is 23.7. The first kappa shape index (κ1) is 35.7. The molecule has 39 heavy (non-hydrogen) atoms. The average molecular weight is 570 g/mol. The fourth-order valence-corrected chi connectivity index (χ4v) is 5.19. The van der Waals surface area contributed by atoms with E-state index in [4.69, 9.17) is 14.5 Å². The largest absolute Gasteiger partial charge is 0.472 e. The maximum atomic E-state index is 13.7. The first-order valence-corrected chi connectivity index (χ1v) is 16.7. The van der Waals surface area contributed by atoms with Gasteiger partial charge in [0.1, 0.15) is 5.82 Å². The minimum atomic E-state index is -4.10. The van der Waals surface area contributed by atoms with Crippen LogP contribution in [0.4, 0.5) is 4.39 Å². The van der Waals surface area contributed by atoms with Gasteiger partial charge in [-0.25, -0.2) is 8.96 Å². The molecule has 2 atom stereocenters. The second-order valence-electron chi connectivity index (χ2n) is 10.6. The number of benzene rings is 1. The van der Waals surface area contributed by atoms with Crippen molar-refractivity contribution in [3.05, 3.63) is 35.1 Å². The van der Waals surface area contributed by atoms with Crippen LogP contribution in [0.25, 0.3) is 0 Å². The number of nitrogens with zero attached hydrogens (tertiary/aromatic N) is 1. The minimum absolute atomic E-state index is 0.0855. The van der Waals surface area contributed by atoms with Crippen molar-refractivity contribution in [2.24, 2.45) is 0 Å². The lowest BCUT2D eigenvalue weighted by atomic mass is 10.0. The fraction of sp³-hybridized carbons (Fsp3) is 0.774. The molecule has 0 bridgehead atoms. The Labute approximate surface area is 237 Å². The molecule has 0 heterocycles. The third-order valence-corrected chi connectivity index (χ3v) is 8.04. The van der Waals surface area contributed by atoms with Gasteiger partial charge in [-0.1, -0.05) is 122 Å². The van der Waals surface area contributed by atoms with Crippen LogP contribution in [0.3, 0.4) is 0 Å². The van der Waals surface area contributed by atoms with Crippen LogP contribution < -0.4 is 0 Å². The molecule has 0 saturated heterocycles. The molecule has 0 amide bonds. The van der Waals surface area contributed by atoms with Crippen LogP contribution >= 0.6 is 7.82 Å². The maximum absolute atomic E-state index is 13.7. The highest BCUT2D eigenvalue weighted by molar-refractivity contribution is 7.47. The van der Waals surface area contributed by atoms with Gasteiger partial charge in [-0.2, -0.15) is 5.26 Å². The number of rotatable bonds is 26. The zero-order valence-corrected chi connectivity index (χ0v) is 25.4. The van der Waals surface area contributed by atoms with Gasteiger partial charge in [0.2, 0.25) is 0 Å². The highest BCUT2D eigenvalue weighted by Gasteiger charge is 2.22. The Balaban J connectivity index is 2.13. The quantitative estimate of drug-likeness (QED) is 0.0882. The number of unbranched alkanes of at least 4 members (excludes halogenated alkanes) is 17. The van der Waals surface area contributed by atoms with Gasteiger partial charge in [0.05, 0.1) is 31.0 Å². The van der Waals surface area contributed by atoms with Gasteiger partial charge in [0.25, 0.3) is 0 Å². The van der Waals surface area contributed by atoms with Crippen LogP contribution in [-0.4, -0.2) is 24.7 Å². The zero-order chi connectivity index (χ0) is 28.6. The normalized spacial score (nSPS) is 13.7. The van der Waals surface area contributed by atoms with Crippen LogP contribution in [0.5, 0.6) is 0 Å². The smallest absolute Gasteiger partial charge is 0.371 e. The van der Waals surface area contributed by atoms with E-state index in [0.717, 1.165) is 26.4 Å². The monoisotopic (exact) mass is 569 g/mol. The summed E-state index contributed by atoms with van der Waals surface area (Å²) in [5, 5.41) is 9.04.